The Morgan fingerprint density at radius 2 is 2.00 bits per heavy atom. The third-order valence-electron chi connectivity index (χ3n) is 4.22. The van der Waals surface area contributed by atoms with E-state index in [1.54, 1.807) is 0 Å². The molecular weight excluding hydrogens is 244 g/mol. The van der Waals surface area contributed by atoms with Crippen LogP contribution >= 0.6 is 11.6 Å². The second-order valence-corrected chi connectivity index (χ2v) is 6.03. The van der Waals surface area contributed by atoms with Gasteiger partial charge in [-0.05, 0) is 44.7 Å². The van der Waals surface area contributed by atoms with Gasteiger partial charge in [0.05, 0.1) is 16.4 Å². The van der Waals surface area contributed by atoms with Crippen molar-refractivity contribution in [3.05, 3.63) is 30.1 Å². The molecule has 1 aliphatic carbocycles. The molecule has 0 radical (unpaired) electrons. The summed E-state index contributed by atoms with van der Waals surface area (Å²) in [5.41, 5.74) is 2.28. The lowest BCUT2D eigenvalue weighted by atomic mass is 9.80. The standard InChI is InChI=1S/C15H19ClN2/c1-10(16)15-17-13-8-3-4-9-14(13)18(15)11(2)12-6-5-7-12/h3-4,8-12H,5-7H2,1-2H3. The first-order chi connectivity index (χ1) is 8.68. The summed E-state index contributed by atoms with van der Waals surface area (Å²) in [6.07, 6.45) is 4.04. The zero-order valence-electron chi connectivity index (χ0n) is 10.9. The molecule has 3 heteroatoms. The summed E-state index contributed by atoms with van der Waals surface area (Å²) in [6.45, 7) is 4.31. The summed E-state index contributed by atoms with van der Waals surface area (Å²) in [4.78, 5) is 4.71. The minimum atomic E-state index is -0.0417. The Balaban J connectivity index is 2.14. The molecule has 1 saturated carbocycles. The van der Waals surface area contributed by atoms with Crippen LogP contribution in [0.15, 0.2) is 24.3 Å². The molecule has 1 fully saturated rings. The van der Waals surface area contributed by atoms with E-state index in [1.165, 1.54) is 24.8 Å². The van der Waals surface area contributed by atoms with E-state index < -0.39 is 0 Å². The smallest absolute Gasteiger partial charge is 0.127 e. The van der Waals surface area contributed by atoms with Gasteiger partial charge < -0.3 is 4.57 Å². The first kappa shape index (κ1) is 12.0. The average Bonchev–Trinajstić information content (AvgIpc) is 2.65. The molecule has 2 unspecified atom stereocenters. The number of aromatic nitrogens is 2. The van der Waals surface area contributed by atoms with Gasteiger partial charge in [0.25, 0.3) is 0 Å². The highest BCUT2D eigenvalue weighted by atomic mass is 35.5. The molecule has 18 heavy (non-hydrogen) atoms. The molecule has 0 spiro atoms. The van der Waals surface area contributed by atoms with Gasteiger partial charge >= 0.3 is 0 Å². The number of benzene rings is 1. The van der Waals surface area contributed by atoms with Crippen LogP contribution in [-0.2, 0) is 0 Å². The van der Waals surface area contributed by atoms with Gasteiger partial charge in [0, 0.05) is 6.04 Å². The van der Waals surface area contributed by atoms with E-state index in [9.17, 15) is 0 Å². The van der Waals surface area contributed by atoms with Crippen molar-refractivity contribution in [2.45, 2.75) is 44.5 Å². The van der Waals surface area contributed by atoms with Crippen molar-refractivity contribution in [3.63, 3.8) is 0 Å². The summed E-state index contributed by atoms with van der Waals surface area (Å²) < 4.78 is 2.36. The zero-order valence-corrected chi connectivity index (χ0v) is 11.7. The van der Waals surface area contributed by atoms with Gasteiger partial charge in [0.2, 0.25) is 0 Å². The van der Waals surface area contributed by atoms with Crippen molar-refractivity contribution in [2.24, 2.45) is 5.92 Å². The minimum Gasteiger partial charge on any atom is -0.324 e. The van der Waals surface area contributed by atoms with E-state index in [1.807, 2.05) is 13.0 Å². The van der Waals surface area contributed by atoms with Crippen LogP contribution in [0.4, 0.5) is 0 Å². The van der Waals surface area contributed by atoms with E-state index in [0.29, 0.717) is 6.04 Å². The third kappa shape index (κ3) is 1.83. The van der Waals surface area contributed by atoms with Crippen molar-refractivity contribution in [1.82, 2.24) is 9.55 Å². The summed E-state index contributed by atoms with van der Waals surface area (Å²) in [5, 5.41) is -0.0417. The number of alkyl halides is 1. The summed E-state index contributed by atoms with van der Waals surface area (Å²) in [5.74, 6) is 1.80. The van der Waals surface area contributed by atoms with Crippen LogP contribution in [0.3, 0.4) is 0 Å². The normalized spacial score (nSPS) is 19.7. The Morgan fingerprint density at radius 3 is 2.61 bits per heavy atom. The highest BCUT2D eigenvalue weighted by Crippen LogP contribution is 2.39. The van der Waals surface area contributed by atoms with E-state index >= 15 is 0 Å². The molecule has 0 N–H and O–H groups in total. The van der Waals surface area contributed by atoms with Crippen LogP contribution in [0.25, 0.3) is 11.0 Å². The van der Waals surface area contributed by atoms with Crippen LogP contribution in [0, 0.1) is 5.92 Å². The number of fused-ring (bicyclic) bond motifs is 1. The Hall–Kier alpha value is -1.02. The van der Waals surface area contributed by atoms with Crippen LogP contribution in [0.2, 0.25) is 0 Å². The number of imidazole rings is 1. The zero-order chi connectivity index (χ0) is 12.7. The predicted octanol–water partition coefficient (Wildman–Crippen LogP) is 4.70. The van der Waals surface area contributed by atoms with Crippen molar-refractivity contribution in [1.29, 1.82) is 0 Å². The molecule has 0 aliphatic heterocycles. The highest BCUT2D eigenvalue weighted by Gasteiger charge is 2.28. The van der Waals surface area contributed by atoms with Crippen LogP contribution < -0.4 is 0 Å². The molecule has 96 valence electrons. The van der Waals surface area contributed by atoms with E-state index in [-0.39, 0.29) is 5.38 Å². The number of nitrogens with zero attached hydrogens (tertiary/aromatic N) is 2. The van der Waals surface area contributed by atoms with E-state index in [0.717, 1.165) is 17.3 Å². The number of hydrogen-bond acceptors (Lipinski definition) is 1. The molecule has 2 atom stereocenters. The third-order valence-corrected chi connectivity index (χ3v) is 4.41. The molecule has 1 heterocycles. The fourth-order valence-electron chi connectivity index (χ4n) is 2.90. The Bertz CT molecular complexity index is 555. The first-order valence-corrected chi connectivity index (χ1v) is 7.23. The van der Waals surface area contributed by atoms with Crippen molar-refractivity contribution in [3.8, 4) is 0 Å². The van der Waals surface area contributed by atoms with Crippen molar-refractivity contribution in [2.75, 3.05) is 0 Å². The Morgan fingerprint density at radius 1 is 1.28 bits per heavy atom. The lowest BCUT2D eigenvalue weighted by Gasteiger charge is -2.33. The quantitative estimate of drug-likeness (QED) is 0.734. The van der Waals surface area contributed by atoms with Crippen molar-refractivity contribution < 1.29 is 0 Å². The molecule has 2 aromatic rings. The second kappa shape index (κ2) is 4.58. The average molecular weight is 263 g/mol. The summed E-state index contributed by atoms with van der Waals surface area (Å²) >= 11 is 6.31. The Labute approximate surface area is 113 Å². The van der Waals surface area contributed by atoms with Crippen molar-refractivity contribution >= 4 is 22.6 Å². The minimum absolute atomic E-state index is 0.0417. The molecule has 1 aromatic carbocycles. The molecule has 0 amide bonds. The molecule has 1 aliphatic rings. The van der Waals surface area contributed by atoms with Gasteiger partial charge in [-0.2, -0.15) is 0 Å². The van der Waals surface area contributed by atoms with Crippen LogP contribution in [-0.4, -0.2) is 9.55 Å². The van der Waals surface area contributed by atoms with Gasteiger partial charge in [-0.15, -0.1) is 11.6 Å². The maximum Gasteiger partial charge on any atom is 0.127 e. The number of para-hydroxylation sites is 2. The van der Waals surface area contributed by atoms with E-state index in [4.69, 9.17) is 16.6 Å². The lowest BCUT2D eigenvalue weighted by Crippen LogP contribution is -2.24. The number of halogens is 1. The largest absolute Gasteiger partial charge is 0.324 e. The second-order valence-electron chi connectivity index (χ2n) is 5.38. The molecule has 1 aromatic heterocycles. The maximum absolute atomic E-state index is 6.31. The summed E-state index contributed by atoms with van der Waals surface area (Å²) in [7, 11) is 0. The fraction of sp³-hybridized carbons (Fsp3) is 0.533. The van der Waals surface area contributed by atoms with Crippen LogP contribution in [0.5, 0.6) is 0 Å². The highest BCUT2D eigenvalue weighted by molar-refractivity contribution is 6.20. The van der Waals surface area contributed by atoms with Gasteiger partial charge in [0.1, 0.15) is 5.82 Å². The SMILES string of the molecule is CC(Cl)c1nc2ccccc2n1C(C)C1CCC1. The van der Waals surface area contributed by atoms with Gasteiger partial charge in [0.15, 0.2) is 0 Å². The fourth-order valence-corrected chi connectivity index (χ4v) is 3.06. The molecule has 0 saturated heterocycles. The molecule has 0 bridgehead atoms. The first-order valence-electron chi connectivity index (χ1n) is 6.79. The predicted molar refractivity (Wildman–Crippen MR) is 76.1 cm³/mol. The van der Waals surface area contributed by atoms with Crippen LogP contribution in [0.1, 0.15) is 50.4 Å². The topological polar surface area (TPSA) is 17.8 Å². The monoisotopic (exact) mass is 262 g/mol. The van der Waals surface area contributed by atoms with Gasteiger partial charge in [-0.1, -0.05) is 18.6 Å². The molecule has 2 nitrogen and oxygen atoms in total. The number of rotatable bonds is 3. The molecule has 3 rings (SSSR count). The van der Waals surface area contributed by atoms with Gasteiger partial charge in [-0.25, -0.2) is 4.98 Å². The number of hydrogen-bond donors (Lipinski definition) is 0. The Kier molecular flexibility index (Phi) is 3.06. The maximum atomic E-state index is 6.31. The lowest BCUT2D eigenvalue weighted by molar-refractivity contribution is 0.223. The summed E-state index contributed by atoms with van der Waals surface area (Å²) in [6, 6.07) is 8.84. The van der Waals surface area contributed by atoms with E-state index in [2.05, 4.69) is 29.7 Å². The van der Waals surface area contributed by atoms with Gasteiger partial charge in [-0.3, -0.25) is 0 Å². The molecular formula is C15H19ClN2.